The Morgan fingerprint density at radius 2 is 2.21 bits per heavy atom. The van der Waals surface area contributed by atoms with Crippen molar-refractivity contribution in [2.24, 2.45) is 0 Å². The summed E-state index contributed by atoms with van der Waals surface area (Å²) in [4.78, 5) is 8.10. The highest BCUT2D eigenvalue weighted by Crippen LogP contribution is 2.34. The zero-order chi connectivity index (χ0) is 19.1. The molecule has 3 atom stereocenters. The van der Waals surface area contributed by atoms with Gasteiger partial charge in [-0.25, -0.2) is 13.9 Å². The van der Waals surface area contributed by atoms with Crippen molar-refractivity contribution < 1.29 is 4.21 Å². The van der Waals surface area contributed by atoms with E-state index < -0.39 is 11.0 Å². The Morgan fingerprint density at radius 1 is 1.29 bits per heavy atom. The molecule has 1 aromatic carbocycles. The van der Waals surface area contributed by atoms with Gasteiger partial charge in [0.25, 0.3) is 0 Å². The monoisotopic (exact) mass is 391 g/mol. The number of nitrogens with zero attached hydrogens (tertiary/aromatic N) is 5. The molecule has 140 valence electrons. The normalized spacial score (nSPS) is 20.5. The third-order valence-corrected chi connectivity index (χ3v) is 6.45. The number of aromatic nitrogens is 5. The van der Waals surface area contributed by atoms with Gasteiger partial charge in [0.05, 0.1) is 28.2 Å². The Bertz CT molecular complexity index is 1240. The van der Waals surface area contributed by atoms with Gasteiger partial charge in [-0.2, -0.15) is 5.26 Å². The van der Waals surface area contributed by atoms with E-state index >= 15 is 0 Å². The molecule has 1 unspecified atom stereocenters. The molecule has 1 saturated carbocycles. The standard InChI is InChI=1S/C19H17N7OS/c20-10-12-2-1-3-15(8-12)28(27)25-14-5-4-13(9-14)19-24-23-17-11-22-18-16(26(17)19)6-7-21-18/h1-3,6-8,11,13-14,21,25H,4-5,9H2/t13-,14+,28?/m1/s1. The van der Waals surface area contributed by atoms with Crippen LogP contribution in [0.15, 0.2) is 47.6 Å². The minimum absolute atomic E-state index is 0.118. The molecule has 5 rings (SSSR count). The quantitative estimate of drug-likeness (QED) is 0.555. The molecule has 3 aromatic heterocycles. The van der Waals surface area contributed by atoms with Gasteiger partial charge in [-0.15, -0.1) is 10.2 Å². The number of H-pyrrole nitrogens is 1. The number of hydrogen-bond donors (Lipinski definition) is 2. The zero-order valence-electron chi connectivity index (χ0n) is 14.9. The van der Waals surface area contributed by atoms with Crippen LogP contribution in [0.4, 0.5) is 0 Å². The van der Waals surface area contributed by atoms with Crippen LogP contribution in [-0.2, 0) is 11.0 Å². The fourth-order valence-corrected chi connectivity index (χ4v) is 4.97. The number of nitriles is 1. The summed E-state index contributed by atoms with van der Waals surface area (Å²) in [6.07, 6.45) is 6.27. The topological polar surface area (TPSA) is 112 Å². The highest BCUT2D eigenvalue weighted by Gasteiger charge is 2.31. The first-order valence-electron chi connectivity index (χ1n) is 9.08. The maximum absolute atomic E-state index is 12.7. The minimum atomic E-state index is -1.35. The molecule has 2 N–H and O–H groups in total. The first-order chi connectivity index (χ1) is 13.7. The summed E-state index contributed by atoms with van der Waals surface area (Å²) >= 11 is 0. The molecular weight excluding hydrogens is 374 g/mol. The van der Waals surface area contributed by atoms with Crippen molar-refractivity contribution in [3.63, 3.8) is 0 Å². The van der Waals surface area contributed by atoms with E-state index in [-0.39, 0.29) is 12.0 Å². The van der Waals surface area contributed by atoms with E-state index in [0.29, 0.717) is 10.5 Å². The van der Waals surface area contributed by atoms with E-state index in [4.69, 9.17) is 5.26 Å². The van der Waals surface area contributed by atoms with Crippen LogP contribution >= 0.6 is 0 Å². The molecule has 0 bridgehead atoms. The molecule has 8 nitrogen and oxygen atoms in total. The van der Waals surface area contributed by atoms with Crippen LogP contribution in [0.3, 0.4) is 0 Å². The Balaban J connectivity index is 1.36. The number of rotatable bonds is 4. The van der Waals surface area contributed by atoms with E-state index in [1.165, 1.54) is 0 Å². The second-order valence-electron chi connectivity index (χ2n) is 6.95. The molecule has 9 heteroatoms. The molecular formula is C19H17N7OS. The molecule has 0 amide bonds. The van der Waals surface area contributed by atoms with Crippen molar-refractivity contribution in [3.8, 4) is 6.07 Å². The van der Waals surface area contributed by atoms with Gasteiger partial charge in [0.2, 0.25) is 0 Å². The van der Waals surface area contributed by atoms with Crippen LogP contribution in [0.2, 0.25) is 0 Å². The van der Waals surface area contributed by atoms with Crippen LogP contribution in [0.25, 0.3) is 16.8 Å². The average molecular weight is 391 g/mol. The third kappa shape index (κ3) is 2.87. The van der Waals surface area contributed by atoms with Gasteiger partial charge >= 0.3 is 0 Å². The maximum Gasteiger partial charge on any atom is 0.179 e. The van der Waals surface area contributed by atoms with Crippen molar-refractivity contribution in [1.29, 1.82) is 5.26 Å². The van der Waals surface area contributed by atoms with Crippen molar-refractivity contribution in [2.45, 2.75) is 36.1 Å². The zero-order valence-corrected chi connectivity index (χ0v) is 15.7. The van der Waals surface area contributed by atoms with Gasteiger partial charge in [0.1, 0.15) is 16.8 Å². The van der Waals surface area contributed by atoms with E-state index in [1.54, 1.807) is 30.5 Å². The number of fused-ring (bicyclic) bond motifs is 3. The van der Waals surface area contributed by atoms with Gasteiger partial charge in [0, 0.05) is 18.2 Å². The first-order valence-corrected chi connectivity index (χ1v) is 10.2. The predicted molar refractivity (Wildman–Crippen MR) is 104 cm³/mol. The molecule has 0 radical (unpaired) electrons. The summed E-state index contributed by atoms with van der Waals surface area (Å²) in [7, 11) is -1.35. The number of benzene rings is 1. The summed E-state index contributed by atoms with van der Waals surface area (Å²) in [5.41, 5.74) is 3.01. The summed E-state index contributed by atoms with van der Waals surface area (Å²) in [6.45, 7) is 0. The fraction of sp³-hybridized carbons (Fsp3) is 0.263. The Kier molecular flexibility index (Phi) is 4.15. The predicted octanol–water partition coefficient (Wildman–Crippen LogP) is 2.43. The molecule has 0 spiro atoms. The van der Waals surface area contributed by atoms with Crippen molar-refractivity contribution in [3.05, 3.63) is 54.1 Å². The third-order valence-electron chi connectivity index (χ3n) is 5.22. The van der Waals surface area contributed by atoms with Crippen molar-refractivity contribution in [2.75, 3.05) is 0 Å². The van der Waals surface area contributed by atoms with Crippen LogP contribution in [0, 0.1) is 11.3 Å². The minimum Gasteiger partial charge on any atom is -0.345 e. The second kappa shape index (κ2) is 6.82. The van der Waals surface area contributed by atoms with Gasteiger partial charge in [0.15, 0.2) is 11.3 Å². The SMILES string of the molecule is N#Cc1cccc(S(=O)N[C@H]2CC[C@@H](c3nnc4cnc5[nH]ccc5n34)C2)c1. The van der Waals surface area contributed by atoms with Crippen LogP contribution in [0.1, 0.15) is 36.6 Å². The highest BCUT2D eigenvalue weighted by molar-refractivity contribution is 7.83. The first kappa shape index (κ1) is 17.0. The maximum atomic E-state index is 12.7. The average Bonchev–Trinajstić information content (AvgIpc) is 3.45. The van der Waals surface area contributed by atoms with E-state index in [1.807, 2.05) is 12.3 Å². The molecule has 1 aliphatic rings. The lowest BCUT2D eigenvalue weighted by Gasteiger charge is -2.12. The van der Waals surface area contributed by atoms with Crippen molar-refractivity contribution in [1.82, 2.24) is 29.3 Å². The van der Waals surface area contributed by atoms with Crippen LogP contribution in [0.5, 0.6) is 0 Å². The Hall–Kier alpha value is -3.09. The fourth-order valence-electron chi connectivity index (χ4n) is 3.89. The Labute approximate surface area is 163 Å². The smallest absolute Gasteiger partial charge is 0.179 e. The summed E-state index contributed by atoms with van der Waals surface area (Å²) in [5, 5.41) is 17.7. The lowest BCUT2D eigenvalue weighted by molar-refractivity contribution is 0.597. The van der Waals surface area contributed by atoms with Gasteiger partial charge < -0.3 is 4.98 Å². The number of nitrogens with one attached hydrogen (secondary N) is 2. The van der Waals surface area contributed by atoms with E-state index in [9.17, 15) is 4.21 Å². The summed E-state index contributed by atoms with van der Waals surface area (Å²) in [5.74, 6) is 1.15. The molecule has 0 aliphatic heterocycles. The highest BCUT2D eigenvalue weighted by atomic mass is 32.2. The van der Waals surface area contributed by atoms with Crippen LogP contribution in [-0.4, -0.2) is 34.8 Å². The van der Waals surface area contributed by atoms with Crippen LogP contribution < -0.4 is 4.72 Å². The molecule has 1 aliphatic carbocycles. The lowest BCUT2D eigenvalue weighted by Crippen LogP contribution is -2.28. The largest absolute Gasteiger partial charge is 0.345 e. The second-order valence-corrected chi connectivity index (χ2v) is 8.20. The molecule has 28 heavy (non-hydrogen) atoms. The van der Waals surface area contributed by atoms with E-state index in [2.05, 4.69) is 35.4 Å². The number of aromatic amines is 1. The van der Waals surface area contributed by atoms with Gasteiger partial charge in [-0.05, 0) is 43.5 Å². The van der Waals surface area contributed by atoms with Gasteiger partial charge in [-0.1, -0.05) is 6.07 Å². The Morgan fingerprint density at radius 3 is 3.11 bits per heavy atom. The van der Waals surface area contributed by atoms with Crippen molar-refractivity contribution >= 4 is 27.8 Å². The summed E-state index contributed by atoms with van der Waals surface area (Å²) in [6, 6.07) is 11.1. The molecule has 0 saturated heterocycles. The van der Waals surface area contributed by atoms with Gasteiger partial charge in [-0.3, -0.25) is 4.40 Å². The molecule has 1 fully saturated rings. The molecule has 4 aromatic rings. The number of hydrogen-bond acceptors (Lipinski definition) is 5. The summed E-state index contributed by atoms with van der Waals surface area (Å²) < 4.78 is 17.9. The lowest BCUT2D eigenvalue weighted by atomic mass is 10.1. The van der Waals surface area contributed by atoms with E-state index in [0.717, 1.165) is 41.9 Å². The molecule has 3 heterocycles.